The number of rotatable bonds is 6. The number of carbonyl (C=O) groups excluding carboxylic acids is 1. The topological polar surface area (TPSA) is 82.5 Å². The molecule has 1 N–H and O–H groups in total. The van der Waals surface area contributed by atoms with Gasteiger partial charge in [-0.2, -0.15) is 5.10 Å². The van der Waals surface area contributed by atoms with Crippen molar-refractivity contribution in [1.82, 2.24) is 9.78 Å². The summed E-state index contributed by atoms with van der Waals surface area (Å²) >= 11 is 0. The Bertz CT molecular complexity index is 1190. The van der Waals surface area contributed by atoms with Crippen LogP contribution in [-0.2, 0) is 17.6 Å². The maximum atomic E-state index is 13.3. The van der Waals surface area contributed by atoms with Crippen LogP contribution < -0.4 is 20.3 Å². The predicted molar refractivity (Wildman–Crippen MR) is 123 cm³/mol. The molecule has 1 aliphatic rings. The van der Waals surface area contributed by atoms with Crippen LogP contribution in [0.3, 0.4) is 0 Å². The Hall–Kier alpha value is -3.61. The Morgan fingerprint density at radius 1 is 1.00 bits per heavy atom. The predicted octanol–water partition coefficient (Wildman–Crippen LogP) is 4.01. The average molecular weight is 434 g/mol. The largest absolute Gasteiger partial charge is 0.493 e. The summed E-state index contributed by atoms with van der Waals surface area (Å²) in [4.78, 5) is 26.3. The van der Waals surface area contributed by atoms with Crippen LogP contribution in [0.25, 0.3) is 11.3 Å². The molecule has 0 spiro atoms. The van der Waals surface area contributed by atoms with Gasteiger partial charge in [-0.25, -0.2) is 4.68 Å². The number of aromatic nitrogens is 2. The molecule has 32 heavy (non-hydrogen) atoms. The van der Waals surface area contributed by atoms with E-state index in [2.05, 4.69) is 10.4 Å². The maximum absolute atomic E-state index is 13.3. The first-order valence-electron chi connectivity index (χ1n) is 10.8. The molecule has 1 amide bonds. The minimum Gasteiger partial charge on any atom is -0.493 e. The Labute approximate surface area is 187 Å². The molecule has 7 nitrogen and oxygen atoms in total. The molecule has 0 saturated heterocycles. The van der Waals surface area contributed by atoms with E-state index >= 15 is 0 Å². The van der Waals surface area contributed by atoms with Crippen molar-refractivity contribution in [3.05, 3.63) is 70.0 Å². The summed E-state index contributed by atoms with van der Waals surface area (Å²) in [6.45, 7) is 1.69. The molecule has 0 bridgehead atoms. The Morgan fingerprint density at radius 3 is 2.38 bits per heavy atom. The van der Waals surface area contributed by atoms with Gasteiger partial charge in [0, 0.05) is 22.9 Å². The van der Waals surface area contributed by atoms with Crippen LogP contribution in [-0.4, -0.2) is 29.9 Å². The minimum atomic E-state index is -0.787. The van der Waals surface area contributed by atoms with Crippen molar-refractivity contribution in [2.45, 2.75) is 38.6 Å². The van der Waals surface area contributed by atoms with Crippen molar-refractivity contribution in [2.75, 3.05) is 19.5 Å². The normalized spacial score (nSPS) is 13.7. The summed E-state index contributed by atoms with van der Waals surface area (Å²) in [5.74, 6) is 0.744. The van der Waals surface area contributed by atoms with Gasteiger partial charge in [0.1, 0.15) is 6.04 Å². The first kappa shape index (κ1) is 21.6. The highest BCUT2D eigenvalue weighted by Gasteiger charge is 2.25. The van der Waals surface area contributed by atoms with Crippen molar-refractivity contribution in [1.29, 1.82) is 0 Å². The molecule has 0 saturated carbocycles. The fourth-order valence-corrected chi connectivity index (χ4v) is 4.12. The molecule has 0 fully saturated rings. The van der Waals surface area contributed by atoms with Crippen LogP contribution in [0.15, 0.2) is 53.3 Å². The van der Waals surface area contributed by atoms with E-state index in [-0.39, 0.29) is 11.5 Å². The second-order valence-corrected chi connectivity index (χ2v) is 7.86. The number of hydrogen-bond acceptors (Lipinski definition) is 5. The Kier molecular flexibility index (Phi) is 6.25. The van der Waals surface area contributed by atoms with Gasteiger partial charge in [0.25, 0.3) is 5.56 Å². The van der Waals surface area contributed by atoms with Gasteiger partial charge >= 0.3 is 0 Å². The number of fused-ring (bicyclic) bond motifs is 1. The molecule has 0 unspecified atom stereocenters. The first-order chi connectivity index (χ1) is 15.5. The van der Waals surface area contributed by atoms with Crippen molar-refractivity contribution in [3.63, 3.8) is 0 Å². The van der Waals surface area contributed by atoms with Gasteiger partial charge in [-0.15, -0.1) is 0 Å². The fraction of sp³-hybridized carbons (Fsp3) is 0.320. The third kappa shape index (κ3) is 4.10. The third-order valence-electron chi connectivity index (χ3n) is 5.87. The second-order valence-electron chi connectivity index (χ2n) is 7.86. The molecule has 1 aliphatic carbocycles. The van der Waals surface area contributed by atoms with Crippen molar-refractivity contribution in [2.24, 2.45) is 0 Å². The van der Waals surface area contributed by atoms with E-state index in [4.69, 9.17) is 9.47 Å². The summed E-state index contributed by atoms with van der Waals surface area (Å²) in [7, 11) is 3.09. The number of benzene rings is 2. The highest BCUT2D eigenvalue weighted by Crippen LogP contribution is 2.31. The summed E-state index contributed by atoms with van der Waals surface area (Å²) in [6, 6.07) is 14.2. The highest BCUT2D eigenvalue weighted by atomic mass is 16.5. The van der Waals surface area contributed by atoms with E-state index in [9.17, 15) is 9.59 Å². The van der Waals surface area contributed by atoms with Gasteiger partial charge in [0.05, 0.1) is 19.9 Å². The monoisotopic (exact) mass is 433 g/mol. The molecule has 0 radical (unpaired) electrons. The van der Waals surface area contributed by atoms with E-state index in [0.29, 0.717) is 23.6 Å². The van der Waals surface area contributed by atoms with E-state index in [1.54, 1.807) is 32.2 Å². The lowest BCUT2D eigenvalue weighted by molar-refractivity contribution is -0.119. The minimum absolute atomic E-state index is 0.186. The lowest BCUT2D eigenvalue weighted by Gasteiger charge is -2.22. The molecule has 1 heterocycles. The lowest BCUT2D eigenvalue weighted by atomic mass is 9.89. The quantitative estimate of drug-likeness (QED) is 0.635. The van der Waals surface area contributed by atoms with Crippen molar-refractivity contribution < 1.29 is 14.3 Å². The molecule has 2 aromatic carbocycles. The average Bonchev–Trinajstić information content (AvgIpc) is 2.84. The van der Waals surface area contributed by atoms with E-state index < -0.39 is 6.04 Å². The molecular formula is C25H27N3O4. The summed E-state index contributed by atoms with van der Waals surface area (Å²) in [6.07, 6.45) is 3.54. The zero-order valence-electron chi connectivity index (χ0n) is 18.6. The number of anilines is 1. The molecule has 4 rings (SSSR count). The molecule has 1 atom stereocenters. The van der Waals surface area contributed by atoms with Crippen LogP contribution in [0, 0.1) is 0 Å². The smallest absolute Gasteiger partial charge is 0.271 e. The van der Waals surface area contributed by atoms with Gasteiger partial charge in [0.2, 0.25) is 5.91 Å². The van der Waals surface area contributed by atoms with Crippen LogP contribution in [0.2, 0.25) is 0 Å². The van der Waals surface area contributed by atoms with Gasteiger partial charge < -0.3 is 14.8 Å². The number of hydrogen-bond donors (Lipinski definition) is 1. The molecule has 3 aromatic rings. The number of carbonyl (C=O) groups is 1. The number of nitrogens with zero attached hydrogens (tertiary/aromatic N) is 2. The number of nitrogens with one attached hydrogen (secondary N) is 1. The van der Waals surface area contributed by atoms with Gasteiger partial charge in [-0.3, -0.25) is 9.59 Å². The van der Waals surface area contributed by atoms with Gasteiger partial charge in [-0.1, -0.05) is 30.3 Å². The van der Waals surface area contributed by atoms with Crippen LogP contribution in [0.5, 0.6) is 11.5 Å². The SMILES string of the molecule is COc1ccc(NC(=O)[C@@H](C)n2nc(-c3ccccc3)c3c(c2=O)CCCC3)cc1OC. The number of methoxy groups -OCH3 is 2. The van der Waals surface area contributed by atoms with Gasteiger partial charge in [0.15, 0.2) is 11.5 Å². The Morgan fingerprint density at radius 2 is 1.69 bits per heavy atom. The molecule has 166 valence electrons. The zero-order valence-corrected chi connectivity index (χ0v) is 18.6. The summed E-state index contributed by atoms with van der Waals surface area (Å²) in [5, 5.41) is 7.54. The Balaban J connectivity index is 1.70. The molecule has 7 heteroatoms. The van der Waals surface area contributed by atoms with Crippen LogP contribution >= 0.6 is 0 Å². The summed E-state index contributed by atoms with van der Waals surface area (Å²) in [5.41, 5.74) is 3.88. The van der Waals surface area contributed by atoms with Crippen LogP contribution in [0.4, 0.5) is 5.69 Å². The number of ether oxygens (including phenoxy) is 2. The molecule has 0 aliphatic heterocycles. The third-order valence-corrected chi connectivity index (χ3v) is 5.87. The highest BCUT2D eigenvalue weighted by molar-refractivity contribution is 5.93. The van der Waals surface area contributed by atoms with E-state index in [0.717, 1.165) is 41.6 Å². The lowest BCUT2D eigenvalue weighted by Crippen LogP contribution is -2.37. The standard InChI is InChI=1S/C25H27N3O4/c1-16(24(29)26-18-13-14-21(31-2)22(15-18)32-3)28-25(30)20-12-8-7-11-19(20)23(27-28)17-9-5-4-6-10-17/h4-6,9-10,13-16H,7-8,11-12H2,1-3H3,(H,26,29)/t16-/m1/s1. The zero-order chi connectivity index (χ0) is 22.7. The molecule has 1 aromatic heterocycles. The summed E-state index contributed by atoms with van der Waals surface area (Å²) < 4.78 is 11.9. The van der Waals surface area contributed by atoms with E-state index in [1.807, 2.05) is 30.3 Å². The van der Waals surface area contributed by atoms with E-state index in [1.165, 1.54) is 11.8 Å². The van der Waals surface area contributed by atoms with Crippen molar-refractivity contribution in [3.8, 4) is 22.8 Å². The van der Waals surface area contributed by atoms with Gasteiger partial charge in [-0.05, 0) is 50.3 Å². The first-order valence-corrected chi connectivity index (χ1v) is 10.8. The van der Waals surface area contributed by atoms with Crippen molar-refractivity contribution >= 4 is 11.6 Å². The maximum Gasteiger partial charge on any atom is 0.271 e. The fourth-order valence-electron chi connectivity index (χ4n) is 4.12. The molecular weight excluding hydrogens is 406 g/mol. The second kappa shape index (κ2) is 9.26. The van der Waals surface area contributed by atoms with Crippen LogP contribution in [0.1, 0.15) is 36.9 Å². The number of amides is 1.